The summed E-state index contributed by atoms with van der Waals surface area (Å²) in [5, 5.41) is 0.233. The van der Waals surface area contributed by atoms with Crippen LogP contribution in [-0.4, -0.2) is 10.9 Å². The Morgan fingerprint density at radius 2 is 2.00 bits per heavy atom. The molecule has 6 heteroatoms. The van der Waals surface area contributed by atoms with Gasteiger partial charge < -0.3 is 5.73 Å². The molecule has 0 saturated carbocycles. The third-order valence-electron chi connectivity index (χ3n) is 2.30. The summed E-state index contributed by atoms with van der Waals surface area (Å²) in [4.78, 5) is 14.5. The highest BCUT2D eigenvalue weighted by molar-refractivity contribution is 5.96. The maximum atomic E-state index is 12.6. The number of rotatable bonds is 1. The summed E-state index contributed by atoms with van der Waals surface area (Å²) < 4.78 is 37.9. The van der Waals surface area contributed by atoms with Gasteiger partial charge in [0.05, 0.1) is 16.6 Å². The van der Waals surface area contributed by atoms with E-state index in [1.165, 1.54) is 18.2 Å². The molecule has 88 valence electrons. The first kappa shape index (κ1) is 11.4. The Hall–Kier alpha value is -2.11. The van der Waals surface area contributed by atoms with E-state index >= 15 is 0 Å². The minimum atomic E-state index is -4.47. The fourth-order valence-electron chi connectivity index (χ4n) is 1.52. The average Bonchev–Trinajstić information content (AvgIpc) is 2.26. The lowest BCUT2D eigenvalue weighted by atomic mass is 10.1. The monoisotopic (exact) mass is 240 g/mol. The lowest BCUT2D eigenvalue weighted by Crippen LogP contribution is -2.12. The molecule has 1 heterocycles. The molecule has 0 bridgehead atoms. The van der Waals surface area contributed by atoms with E-state index in [9.17, 15) is 18.0 Å². The predicted octanol–water partition coefficient (Wildman–Crippen LogP) is 2.35. The largest absolute Gasteiger partial charge is 0.418 e. The number of nitrogens with two attached hydrogens (primary N) is 1. The molecule has 0 fully saturated rings. The van der Waals surface area contributed by atoms with Crippen molar-refractivity contribution in [3.05, 3.63) is 41.6 Å². The van der Waals surface area contributed by atoms with Gasteiger partial charge in [0.25, 0.3) is 0 Å². The molecule has 2 rings (SSSR count). The molecule has 2 aromatic rings. The van der Waals surface area contributed by atoms with E-state index in [0.29, 0.717) is 0 Å². The van der Waals surface area contributed by atoms with Crippen molar-refractivity contribution in [3.8, 4) is 0 Å². The summed E-state index contributed by atoms with van der Waals surface area (Å²) in [6.07, 6.45) is -3.43. The van der Waals surface area contributed by atoms with Gasteiger partial charge in [-0.25, -0.2) is 0 Å². The second kappa shape index (κ2) is 3.73. The van der Waals surface area contributed by atoms with Crippen LogP contribution in [0, 0.1) is 0 Å². The van der Waals surface area contributed by atoms with Gasteiger partial charge in [-0.05, 0) is 12.1 Å². The topological polar surface area (TPSA) is 56.0 Å². The summed E-state index contributed by atoms with van der Waals surface area (Å²) in [6, 6.07) is 4.95. The quantitative estimate of drug-likeness (QED) is 0.831. The fourth-order valence-corrected chi connectivity index (χ4v) is 1.52. The predicted molar refractivity (Wildman–Crippen MR) is 55.3 cm³/mol. The Morgan fingerprint density at radius 1 is 1.29 bits per heavy atom. The van der Waals surface area contributed by atoms with E-state index in [4.69, 9.17) is 5.73 Å². The van der Waals surface area contributed by atoms with Crippen LogP contribution in [0.2, 0.25) is 0 Å². The molecular formula is C11H7F3N2O. The van der Waals surface area contributed by atoms with Crippen molar-refractivity contribution in [2.75, 3.05) is 0 Å². The second-order valence-corrected chi connectivity index (χ2v) is 3.46. The van der Waals surface area contributed by atoms with E-state index in [2.05, 4.69) is 4.98 Å². The number of nitrogens with zero attached hydrogens (tertiary/aromatic N) is 1. The van der Waals surface area contributed by atoms with E-state index < -0.39 is 17.6 Å². The normalized spacial score (nSPS) is 11.7. The molecule has 1 aromatic carbocycles. The molecule has 0 unspecified atom stereocenters. The lowest BCUT2D eigenvalue weighted by Gasteiger charge is -2.09. The molecule has 0 saturated heterocycles. The van der Waals surface area contributed by atoms with Gasteiger partial charge in [0.1, 0.15) is 0 Å². The number of hydrogen-bond donors (Lipinski definition) is 1. The van der Waals surface area contributed by atoms with Crippen molar-refractivity contribution < 1.29 is 18.0 Å². The highest BCUT2D eigenvalue weighted by Gasteiger charge is 2.33. The Morgan fingerprint density at radius 3 is 2.59 bits per heavy atom. The zero-order valence-electron chi connectivity index (χ0n) is 8.45. The zero-order chi connectivity index (χ0) is 12.6. The summed E-state index contributed by atoms with van der Waals surface area (Å²) in [5.74, 6) is -0.725. The van der Waals surface area contributed by atoms with Crippen LogP contribution in [0.25, 0.3) is 10.9 Å². The highest BCUT2D eigenvalue weighted by Crippen LogP contribution is 2.33. The molecule has 0 radical (unpaired) electrons. The van der Waals surface area contributed by atoms with Crippen LogP contribution in [0.1, 0.15) is 15.9 Å². The number of benzene rings is 1. The minimum Gasteiger partial charge on any atom is -0.366 e. The maximum Gasteiger partial charge on any atom is 0.418 e. The number of carbonyl (C=O) groups excluding carboxylic acids is 1. The van der Waals surface area contributed by atoms with E-state index in [1.54, 1.807) is 0 Å². The molecule has 3 nitrogen and oxygen atoms in total. The summed E-state index contributed by atoms with van der Waals surface area (Å²) in [7, 11) is 0. The first-order valence-electron chi connectivity index (χ1n) is 4.65. The van der Waals surface area contributed by atoms with Crippen LogP contribution in [0.5, 0.6) is 0 Å². The number of primary amides is 1. The number of amides is 1. The van der Waals surface area contributed by atoms with E-state index in [-0.39, 0.29) is 16.5 Å². The fraction of sp³-hybridized carbons (Fsp3) is 0.0909. The molecule has 0 spiro atoms. The molecule has 0 atom stereocenters. The molecule has 1 aromatic heterocycles. The van der Waals surface area contributed by atoms with Crippen molar-refractivity contribution in [2.24, 2.45) is 5.73 Å². The maximum absolute atomic E-state index is 12.6. The lowest BCUT2D eigenvalue weighted by molar-refractivity contribution is -0.136. The van der Waals surface area contributed by atoms with Gasteiger partial charge in [0.2, 0.25) is 5.91 Å². The Kier molecular flexibility index (Phi) is 2.49. The molecule has 1 amide bonds. The van der Waals surface area contributed by atoms with Gasteiger partial charge in [-0.1, -0.05) is 12.1 Å². The van der Waals surface area contributed by atoms with Gasteiger partial charge >= 0.3 is 6.18 Å². The van der Waals surface area contributed by atoms with Crippen molar-refractivity contribution >= 4 is 16.8 Å². The highest BCUT2D eigenvalue weighted by atomic mass is 19.4. The zero-order valence-corrected chi connectivity index (χ0v) is 8.45. The number of aromatic nitrogens is 1. The second-order valence-electron chi connectivity index (χ2n) is 3.46. The number of fused-ring (bicyclic) bond motifs is 1. The standard InChI is InChI=1S/C11H7F3N2O/c12-11(13,14)8-3-1-2-6-4-7(10(15)17)5-16-9(6)8/h1-5H,(H2,15,17). The molecule has 0 aliphatic carbocycles. The van der Waals surface area contributed by atoms with Gasteiger partial charge in [0, 0.05) is 11.6 Å². The third kappa shape index (κ3) is 2.06. The van der Waals surface area contributed by atoms with E-state index in [0.717, 1.165) is 12.3 Å². The SMILES string of the molecule is NC(=O)c1cnc2c(C(F)(F)F)cccc2c1. The van der Waals surface area contributed by atoms with Crippen LogP contribution >= 0.6 is 0 Å². The van der Waals surface area contributed by atoms with Crippen molar-refractivity contribution in [1.29, 1.82) is 0 Å². The average molecular weight is 240 g/mol. The van der Waals surface area contributed by atoms with Crippen LogP contribution in [0.3, 0.4) is 0 Å². The number of halogens is 3. The van der Waals surface area contributed by atoms with Gasteiger partial charge in [0.15, 0.2) is 0 Å². The molecular weight excluding hydrogens is 233 g/mol. The number of alkyl halides is 3. The van der Waals surface area contributed by atoms with Crippen LogP contribution < -0.4 is 5.73 Å². The number of hydrogen-bond acceptors (Lipinski definition) is 2. The Balaban J connectivity index is 2.72. The number of carbonyl (C=O) groups is 1. The molecule has 0 aliphatic rings. The third-order valence-corrected chi connectivity index (χ3v) is 2.30. The molecule has 2 N–H and O–H groups in total. The number of para-hydroxylation sites is 1. The molecule has 17 heavy (non-hydrogen) atoms. The van der Waals surface area contributed by atoms with Crippen molar-refractivity contribution in [2.45, 2.75) is 6.18 Å². The van der Waals surface area contributed by atoms with Gasteiger partial charge in [-0.15, -0.1) is 0 Å². The summed E-state index contributed by atoms with van der Waals surface area (Å²) in [6.45, 7) is 0. The van der Waals surface area contributed by atoms with Crippen LogP contribution in [-0.2, 0) is 6.18 Å². The Bertz CT molecular complexity index is 593. The molecule has 0 aliphatic heterocycles. The van der Waals surface area contributed by atoms with Crippen molar-refractivity contribution in [3.63, 3.8) is 0 Å². The smallest absolute Gasteiger partial charge is 0.366 e. The number of pyridine rings is 1. The summed E-state index contributed by atoms with van der Waals surface area (Å²) >= 11 is 0. The minimum absolute atomic E-state index is 0.0804. The van der Waals surface area contributed by atoms with Crippen LogP contribution in [0.15, 0.2) is 30.5 Å². The van der Waals surface area contributed by atoms with Gasteiger partial charge in [-0.2, -0.15) is 13.2 Å². The van der Waals surface area contributed by atoms with E-state index in [1.807, 2.05) is 0 Å². The summed E-state index contributed by atoms with van der Waals surface area (Å²) in [5.41, 5.74) is 4.09. The van der Waals surface area contributed by atoms with Gasteiger partial charge in [-0.3, -0.25) is 9.78 Å². The first-order chi connectivity index (χ1) is 7.89. The van der Waals surface area contributed by atoms with Crippen molar-refractivity contribution in [1.82, 2.24) is 4.98 Å². The van der Waals surface area contributed by atoms with Crippen LogP contribution in [0.4, 0.5) is 13.2 Å². The Labute approximate surface area is 94.1 Å². The first-order valence-corrected chi connectivity index (χ1v) is 4.65.